The van der Waals surface area contributed by atoms with Crippen LogP contribution in [-0.4, -0.2) is 53.4 Å². The van der Waals surface area contributed by atoms with Crippen LogP contribution in [0.4, 0.5) is 0 Å². The number of hydrogen-bond donors (Lipinski definition) is 0. The van der Waals surface area contributed by atoms with E-state index >= 15 is 0 Å². The minimum Gasteiger partial charge on any atom is -0.477 e. The zero-order valence-electron chi connectivity index (χ0n) is 15.1. The Morgan fingerprint density at radius 3 is 3.04 bits per heavy atom. The number of carbonyl (C=O) groups is 1. The van der Waals surface area contributed by atoms with Crippen LogP contribution in [0.15, 0.2) is 28.9 Å². The summed E-state index contributed by atoms with van der Waals surface area (Å²) in [5, 5.41) is 3.91. The number of likely N-dealkylation sites (tertiary alicyclic amines) is 1. The lowest BCUT2D eigenvalue weighted by Gasteiger charge is -2.43. The molecule has 7 nitrogen and oxygen atoms in total. The molecular weight excluding hydrogens is 334 g/mol. The maximum atomic E-state index is 13.0. The molecule has 0 radical (unpaired) electrons. The second-order valence-corrected chi connectivity index (χ2v) is 7.14. The highest BCUT2D eigenvalue weighted by Gasteiger charge is 2.50. The summed E-state index contributed by atoms with van der Waals surface area (Å²) in [6.45, 7) is 6.03. The van der Waals surface area contributed by atoms with Gasteiger partial charge in [-0.2, -0.15) is 0 Å². The Labute approximate surface area is 152 Å². The van der Waals surface area contributed by atoms with E-state index in [9.17, 15) is 4.79 Å². The Hall–Kier alpha value is -2.41. The van der Waals surface area contributed by atoms with E-state index in [0.717, 1.165) is 12.8 Å². The first kappa shape index (κ1) is 17.0. The standard InChI is InChI=1S/C19H23N3O4/c1-13-17(14(2)26-21-13)18(23)22-9-6-15-19(11-22,7-10-24-15)12-25-16-5-3-4-8-20-16/h3-5,8,15H,6-7,9-12H2,1-2H3/t15-,19+/m1/s1. The number of hydrogen-bond acceptors (Lipinski definition) is 6. The second kappa shape index (κ2) is 6.72. The van der Waals surface area contributed by atoms with Gasteiger partial charge >= 0.3 is 0 Å². The van der Waals surface area contributed by atoms with Crippen LogP contribution in [0.25, 0.3) is 0 Å². The van der Waals surface area contributed by atoms with Crippen LogP contribution in [0, 0.1) is 19.3 Å². The number of fused-ring (bicyclic) bond motifs is 1. The van der Waals surface area contributed by atoms with E-state index in [1.54, 1.807) is 20.0 Å². The molecule has 26 heavy (non-hydrogen) atoms. The molecule has 2 saturated heterocycles. The first-order chi connectivity index (χ1) is 12.6. The topological polar surface area (TPSA) is 77.7 Å². The van der Waals surface area contributed by atoms with Crippen molar-refractivity contribution in [3.8, 4) is 5.88 Å². The largest absolute Gasteiger partial charge is 0.477 e. The van der Waals surface area contributed by atoms with E-state index in [1.807, 2.05) is 23.1 Å². The fraction of sp³-hybridized carbons (Fsp3) is 0.526. The third-order valence-electron chi connectivity index (χ3n) is 5.45. The summed E-state index contributed by atoms with van der Waals surface area (Å²) in [6.07, 6.45) is 3.50. The molecule has 0 saturated carbocycles. The van der Waals surface area contributed by atoms with E-state index in [4.69, 9.17) is 14.0 Å². The Kier molecular flexibility index (Phi) is 4.40. The van der Waals surface area contributed by atoms with Gasteiger partial charge in [-0.05, 0) is 32.8 Å². The Balaban J connectivity index is 1.53. The summed E-state index contributed by atoms with van der Waals surface area (Å²) < 4.78 is 17.1. The number of aryl methyl sites for hydroxylation is 2. The number of ether oxygens (including phenoxy) is 2. The van der Waals surface area contributed by atoms with Crippen LogP contribution < -0.4 is 4.74 Å². The zero-order chi connectivity index (χ0) is 18.1. The van der Waals surface area contributed by atoms with Gasteiger partial charge in [-0.25, -0.2) is 4.98 Å². The summed E-state index contributed by atoms with van der Waals surface area (Å²) >= 11 is 0. The van der Waals surface area contributed by atoms with E-state index < -0.39 is 0 Å². The molecule has 4 heterocycles. The van der Waals surface area contributed by atoms with Crippen molar-refractivity contribution in [2.24, 2.45) is 5.41 Å². The Morgan fingerprint density at radius 2 is 2.31 bits per heavy atom. The van der Waals surface area contributed by atoms with Gasteiger partial charge in [0.15, 0.2) is 0 Å². The summed E-state index contributed by atoms with van der Waals surface area (Å²) in [5.41, 5.74) is 1.00. The summed E-state index contributed by atoms with van der Waals surface area (Å²) in [4.78, 5) is 19.2. The molecule has 2 aromatic rings. The summed E-state index contributed by atoms with van der Waals surface area (Å²) in [6, 6.07) is 5.60. The van der Waals surface area contributed by atoms with Crippen LogP contribution >= 0.6 is 0 Å². The highest BCUT2D eigenvalue weighted by Crippen LogP contribution is 2.41. The second-order valence-electron chi connectivity index (χ2n) is 7.14. The van der Waals surface area contributed by atoms with Gasteiger partial charge in [0, 0.05) is 32.0 Å². The number of aromatic nitrogens is 2. The average molecular weight is 357 g/mol. The minimum absolute atomic E-state index is 0.0242. The van der Waals surface area contributed by atoms with Crippen molar-refractivity contribution in [2.75, 3.05) is 26.3 Å². The molecule has 1 amide bonds. The molecule has 4 rings (SSSR count). The minimum atomic E-state index is -0.204. The molecule has 0 bridgehead atoms. The number of amides is 1. The van der Waals surface area contributed by atoms with Crippen molar-refractivity contribution in [1.82, 2.24) is 15.0 Å². The molecule has 2 aromatic heterocycles. The maximum absolute atomic E-state index is 13.0. The first-order valence-electron chi connectivity index (χ1n) is 8.97. The molecule has 0 N–H and O–H groups in total. The van der Waals surface area contributed by atoms with Crippen LogP contribution in [0.3, 0.4) is 0 Å². The van der Waals surface area contributed by atoms with Gasteiger partial charge in [0.25, 0.3) is 5.91 Å². The zero-order valence-corrected chi connectivity index (χ0v) is 15.1. The van der Waals surface area contributed by atoms with E-state index in [2.05, 4.69) is 10.1 Å². The molecule has 0 unspecified atom stereocenters. The van der Waals surface area contributed by atoms with E-state index in [0.29, 0.717) is 49.2 Å². The van der Waals surface area contributed by atoms with Crippen LogP contribution in [0.2, 0.25) is 0 Å². The van der Waals surface area contributed by atoms with Crippen molar-refractivity contribution >= 4 is 5.91 Å². The third kappa shape index (κ3) is 2.96. The van der Waals surface area contributed by atoms with Gasteiger partial charge in [0.05, 0.1) is 23.8 Å². The summed E-state index contributed by atoms with van der Waals surface area (Å²) in [7, 11) is 0. The maximum Gasteiger partial charge on any atom is 0.259 e. The quantitative estimate of drug-likeness (QED) is 0.836. The van der Waals surface area contributed by atoms with Crippen molar-refractivity contribution in [3.05, 3.63) is 41.4 Å². The normalized spacial score (nSPS) is 25.2. The van der Waals surface area contributed by atoms with Gasteiger partial charge in [0.2, 0.25) is 5.88 Å². The third-order valence-corrected chi connectivity index (χ3v) is 5.45. The highest BCUT2D eigenvalue weighted by molar-refractivity contribution is 5.96. The van der Waals surface area contributed by atoms with Crippen LogP contribution in [0.5, 0.6) is 5.88 Å². The van der Waals surface area contributed by atoms with Gasteiger partial charge < -0.3 is 18.9 Å². The van der Waals surface area contributed by atoms with Gasteiger partial charge in [-0.3, -0.25) is 4.79 Å². The number of carbonyl (C=O) groups excluding carboxylic acids is 1. The molecule has 7 heteroatoms. The van der Waals surface area contributed by atoms with Crippen molar-refractivity contribution in [3.63, 3.8) is 0 Å². The van der Waals surface area contributed by atoms with Crippen molar-refractivity contribution in [2.45, 2.75) is 32.8 Å². The van der Waals surface area contributed by atoms with Crippen molar-refractivity contribution < 1.29 is 18.8 Å². The predicted molar refractivity (Wildman–Crippen MR) is 93.0 cm³/mol. The fourth-order valence-corrected chi connectivity index (χ4v) is 4.03. The average Bonchev–Trinajstić information content (AvgIpc) is 3.23. The highest BCUT2D eigenvalue weighted by atomic mass is 16.5. The van der Waals surface area contributed by atoms with Gasteiger partial charge in [-0.15, -0.1) is 0 Å². The molecule has 0 aliphatic carbocycles. The van der Waals surface area contributed by atoms with Gasteiger partial charge in [-0.1, -0.05) is 11.2 Å². The van der Waals surface area contributed by atoms with Gasteiger partial charge in [0.1, 0.15) is 11.3 Å². The predicted octanol–water partition coefficient (Wildman–Crippen LogP) is 2.39. The molecule has 2 aliphatic rings. The molecule has 2 atom stereocenters. The Bertz CT molecular complexity index is 772. The monoisotopic (exact) mass is 357 g/mol. The van der Waals surface area contributed by atoms with Crippen LogP contribution in [-0.2, 0) is 4.74 Å². The first-order valence-corrected chi connectivity index (χ1v) is 8.97. The lowest BCUT2D eigenvalue weighted by atomic mass is 9.77. The number of nitrogens with zero attached hydrogens (tertiary/aromatic N) is 3. The number of rotatable bonds is 4. The lowest BCUT2D eigenvalue weighted by molar-refractivity contribution is -0.0332. The molecular formula is C19H23N3O4. The molecule has 0 aromatic carbocycles. The molecule has 138 valence electrons. The van der Waals surface area contributed by atoms with E-state index in [-0.39, 0.29) is 17.4 Å². The van der Waals surface area contributed by atoms with Crippen LogP contribution in [0.1, 0.15) is 34.7 Å². The summed E-state index contributed by atoms with van der Waals surface area (Å²) in [5.74, 6) is 1.14. The van der Waals surface area contributed by atoms with Crippen molar-refractivity contribution in [1.29, 1.82) is 0 Å². The van der Waals surface area contributed by atoms with E-state index in [1.165, 1.54) is 0 Å². The molecule has 2 fully saturated rings. The molecule has 2 aliphatic heterocycles. The Morgan fingerprint density at radius 1 is 1.42 bits per heavy atom. The fourth-order valence-electron chi connectivity index (χ4n) is 4.03. The molecule has 0 spiro atoms. The smallest absolute Gasteiger partial charge is 0.259 e. The SMILES string of the molecule is Cc1noc(C)c1C(=O)N1CC[C@H]2OCC[C@@]2(COc2ccccn2)C1. The lowest BCUT2D eigenvalue weighted by Crippen LogP contribution is -2.54. The number of piperidine rings is 1. The number of pyridine rings is 1.